The summed E-state index contributed by atoms with van der Waals surface area (Å²) in [6.45, 7) is 5.67. The highest BCUT2D eigenvalue weighted by atomic mass is 16.5. The fraction of sp³-hybridized carbons (Fsp3) is 0.423. The summed E-state index contributed by atoms with van der Waals surface area (Å²) in [4.78, 5) is 25.3. The van der Waals surface area contributed by atoms with Crippen LogP contribution in [0.25, 0.3) is 0 Å². The number of nitriles is 1. The number of benzene rings is 2. The first-order chi connectivity index (χ1) is 15.2. The highest BCUT2D eigenvalue weighted by Gasteiger charge is 2.36. The SMILES string of the molecule is COC(=O)c1cccc(C(C#N)(CCCN(C)CCc2cccc(C(=O)O)c2)C(C)C)c1. The van der Waals surface area contributed by atoms with Crippen molar-refractivity contribution < 1.29 is 19.4 Å². The van der Waals surface area contributed by atoms with Crippen molar-refractivity contribution >= 4 is 11.9 Å². The van der Waals surface area contributed by atoms with Crippen LogP contribution in [-0.4, -0.2) is 49.2 Å². The Bertz CT molecular complexity index is 980. The van der Waals surface area contributed by atoms with Gasteiger partial charge in [0.1, 0.15) is 0 Å². The monoisotopic (exact) mass is 436 g/mol. The molecule has 0 aliphatic rings. The molecule has 2 aromatic carbocycles. The predicted molar refractivity (Wildman–Crippen MR) is 124 cm³/mol. The molecule has 0 bridgehead atoms. The molecule has 0 aliphatic heterocycles. The van der Waals surface area contributed by atoms with Gasteiger partial charge in [0, 0.05) is 6.54 Å². The van der Waals surface area contributed by atoms with Gasteiger partial charge in [-0.25, -0.2) is 9.59 Å². The molecule has 6 heteroatoms. The number of ether oxygens (including phenoxy) is 1. The number of nitrogens with zero attached hydrogens (tertiary/aromatic N) is 2. The third-order valence-electron chi connectivity index (χ3n) is 6.05. The molecule has 6 nitrogen and oxygen atoms in total. The number of methoxy groups -OCH3 is 1. The summed E-state index contributed by atoms with van der Waals surface area (Å²) in [6, 6.07) is 16.7. The minimum atomic E-state index is -0.919. The maximum atomic E-state index is 12.0. The van der Waals surface area contributed by atoms with Crippen LogP contribution in [0.15, 0.2) is 48.5 Å². The van der Waals surface area contributed by atoms with Gasteiger partial charge in [0.25, 0.3) is 0 Å². The molecule has 0 fully saturated rings. The molecule has 0 amide bonds. The predicted octanol–water partition coefficient (Wildman–Crippen LogP) is 4.54. The van der Waals surface area contributed by atoms with Gasteiger partial charge in [-0.2, -0.15) is 5.26 Å². The number of aromatic carboxylic acids is 1. The molecule has 0 heterocycles. The van der Waals surface area contributed by atoms with Crippen molar-refractivity contribution in [1.82, 2.24) is 4.90 Å². The van der Waals surface area contributed by atoms with E-state index in [1.807, 2.05) is 33.0 Å². The van der Waals surface area contributed by atoms with Gasteiger partial charge in [0.15, 0.2) is 0 Å². The average molecular weight is 437 g/mol. The maximum absolute atomic E-state index is 12.0. The van der Waals surface area contributed by atoms with Crippen LogP contribution < -0.4 is 0 Å². The Morgan fingerprint density at radius 1 is 1.12 bits per heavy atom. The molecule has 0 radical (unpaired) electrons. The van der Waals surface area contributed by atoms with E-state index in [9.17, 15) is 14.9 Å². The fourth-order valence-electron chi connectivity index (χ4n) is 3.98. The second-order valence-corrected chi connectivity index (χ2v) is 8.47. The molecule has 2 rings (SSSR count). The molecule has 1 unspecified atom stereocenters. The van der Waals surface area contributed by atoms with E-state index >= 15 is 0 Å². The number of hydrogen-bond donors (Lipinski definition) is 1. The average Bonchev–Trinajstić information content (AvgIpc) is 2.80. The van der Waals surface area contributed by atoms with Crippen LogP contribution in [0.4, 0.5) is 0 Å². The normalized spacial score (nSPS) is 12.9. The van der Waals surface area contributed by atoms with Gasteiger partial charge in [-0.05, 0) is 74.2 Å². The van der Waals surface area contributed by atoms with E-state index in [1.165, 1.54) is 7.11 Å². The van der Waals surface area contributed by atoms with Crippen molar-refractivity contribution in [2.75, 3.05) is 27.2 Å². The highest BCUT2D eigenvalue weighted by molar-refractivity contribution is 5.89. The first-order valence-electron chi connectivity index (χ1n) is 10.8. The lowest BCUT2D eigenvalue weighted by molar-refractivity contribution is 0.0599. The van der Waals surface area contributed by atoms with E-state index in [1.54, 1.807) is 36.4 Å². The van der Waals surface area contributed by atoms with Crippen molar-refractivity contribution in [3.05, 3.63) is 70.8 Å². The van der Waals surface area contributed by atoms with Gasteiger partial charge in [-0.1, -0.05) is 38.1 Å². The molecule has 1 N–H and O–H groups in total. The van der Waals surface area contributed by atoms with E-state index in [2.05, 4.69) is 11.0 Å². The first kappa shape index (κ1) is 25.1. The van der Waals surface area contributed by atoms with Crippen LogP contribution in [0.2, 0.25) is 0 Å². The number of hydrogen-bond acceptors (Lipinski definition) is 5. The summed E-state index contributed by atoms with van der Waals surface area (Å²) < 4.78 is 4.83. The Labute approximate surface area is 190 Å². The van der Waals surface area contributed by atoms with Gasteiger partial charge in [-0.15, -0.1) is 0 Å². The summed E-state index contributed by atoms with van der Waals surface area (Å²) in [7, 11) is 3.38. The van der Waals surface area contributed by atoms with Crippen molar-refractivity contribution in [2.45, 2.75) is 38.5 Å². The number of carboxylic acid groups (broad SMARTS) is 1. The van der Waals surface area contributed by atoms with E-state index in [0.29, 0.717) is 17.5 Å². The molecule has 0 saturated heterocycles. The Hall–Kier alpha value is -3.17. The third kappa shape index (κ3) is 6.18. The van der Waals surface area contributed by atoms with Crippen LogP contribution in [0, 0.1) is 17.2 Å². The lowest BCUT2D eigenvalue weighted by Gasteiger charge is -2.32. The molecule has 0 spiro atoms. The minimum Gasteiger partial charge on any atom is -0.478 e. The summed E-state index contributed by atoms with van der Waals surface area (Å²) >= 11 is 0. The van der Waals surface area contributed by atoms with Crippen LogP contribution in [-0.2, 0) is 16.6 Å². The van der Waals surface area contributed by atoms with Gasteiger partial charge in [0.2, 0.25) is 0 Å². The zero-order chi connectivity index (χ0) is 23.7. The molecule has 0 saturated carbocycles. The van der Waals surface area contributed by atoms with Crippen LogP contribution in [0.3, 0.4) is 0 Å². The topological polar surface area (TPSA) is 90.6 Å². The molecule has 0 aromatic heterocycles. The number of likely N-dealkylation sites (N-methyl/N-ethyl adjacent to an activating group) is 1. The molecule has 2 aromatic rings. The highest BCUT2D eigenvalue weighted by Crippen LogP contribution is 2.37. The Morgan fingerprint density at radius 2 is 1.81 bits per heavy atom. The van der Waals surface area contributed by atoms with E-state index in [0.717, 1.165) is 37.1 Å². The zero-order valence-electron chi connectivity index (χ0n) is 19.3. The van der Waals surface area contributed by atoms with Gasteiger partial charge >= 0.3 is 11.9 Å². The van der Waals surface area contributed by atoms with Crippen molar-refractivity contribution in [3.8, 4) is 6.07 Å². The quantitative estimate of drug-likeness (QED) is 0.520. The van der Waals surface area contributed by atoms with E-state index < -0.39 is 17.4 Å². The Morgan fingerprint density at radius 3 is 2.44 bits per heavy atom. The van der Waals surface area contributed by atoms with Crippen LogP contribution in [0.1, 0.15) is 58.5 Å². The van der Waals surface area contributed by atoms with Crippen molar-refractivity contribution in [3.63, 3.8) is 0 Å². The lowest BCUT2D eigenvalue weighted by atomic mass is 9.69. The second-order valence-electron chi connectivity index (χ2n) is 8.47. The Balaban J connectivity index is 2.02. The summed E-state index contributed by atoms with van der Waals surface area (Å²) in [5.41, 5.74) is 1.89. The lowest BCUT2D eigenvalue weighted by Crippen LogP contribution is -2.33. The number of carbonyl (C=O) groups is 2. The molecular weight excluding hydrogens is 404 g/mol. The molecule has 1 atom stereocenters. The minimum absolute atomic E-state index is 0.0736. The number of carbonyl (C=O) groups excluding carboxylic acids is 1. The Kier molecular flexibility index (Phi) is 8.98. The van der Waals surface area contributed by atoms with Gasteiger partial charge < -0.3 is 14.7 Å². The summed E-state index contributed by atoms with van der Waals surface area (Å²) in [5.74, 6) is -1.25. The van der Waals surface area contributed by atoms with E-state index in [4.69, 9.17) is 9.84 Å². The van der Waals surface area contributed by atoms with E-state index in [-0.39, 0.29) is 5.92 Å². The summed E-state index contributed by atoms with van der Waals surface area (Å²) in [5, 5.41) is 19.3. The third-order valence-corrected chi connectivity index (χ3v) is 6.05. The second kappa shape index (κ2) is 11.4. The van der Waals surface area contributed by atoms with Crippen molar-refractivity contribution in [1.29, 1.82) is 5.26 Å². The van der Waals surface area contributed by atoms with Crippen LogP contribution in [0.5, 0.6) is 0 Å². The molecular formula is C26H32N2O4. The first-order valence-corrected chi connectivity index (χ1v) is 10.8. The number of esters is 1. The van der Waals surface area contributed by atoms with Crippen molar-refractivity contribution in [2.24, 2.45) is 5.92 Å². The smallest absolute Gasteiger partial charge is 0.337 e. The van der Waals surface area contributed by atoms with Gasteiger partial charge in [-0.3, -0.25) is 0 Å². The summed E-state index contributed by atoms with van der Waals surface area (Å²) in [6.07, 6.45) is 2.25. The maximum Gasteiger partial charge on any atom is 0.337 e. The molecule has 0 aliphatic carbocycles. The number of rotatable bonds is 11. The van der Waals surface area contributed by atoms with Crippen LogP contribution >= 0.6 is 0 Å². The zero-order valence-corrected chi connectivity index (χ0v) is 19.3. The molecule has 170 valence electrons. The van der Waals surface area contributed by atoms with Gasteiger partial charge in [0.05, 0.1) is 29.7 Å². The largest absolute Gasteiger partial charge is 0.478 e. The number of carboxylic acids is 1. The fourth-order valence-corrected chi connectivity index (χ4v) is 3.98. The molecule has 32 heavy (non-hydrogen) atoms. The standard InChI is InChI=1S/C26H32N2O4/c1-19(2)26(18-27,23-11-6-10-22(17-23)25(31)32-4)13-7-14-28(3)15-12-20-8-5-9-21(16-20)24(29)30/h5-6,8-11,16-17,19H,7,12-15H2,1-4H3,(H,29,30).